The van der Waals surface area contributed by atoms with Gasteiger partial charge in [0.25, 0.3) is 0 Å². The van der Waals surface area contributed by atoms with E-state index in [0.29, 0.717) is 18.4 Å². The molecule has 90 valence electrons. The van der Waals surface area contributed by atoms with E-state index in [1.165, 1.54) is 13.0 Å². The average Bonchev–Trinajstić information content (AvgIpc) is 2.31. The van der Waals surface area contributed by atoms with Gasteiger partial charge >= 0.3 is 0 Å². The van der Waals surface area contributed by atoms with Crippen molar-refractivity contribution in [2.24, 2.45) is 0 Å². The minimum Gasteiger partial charge on any atom is -0.206 e. The molecule has 0 saturated carbocycles. The molecule has 1 aromatic rings. The van der Waals surface area contributed by atoms with Gasteiger partial charge in [0.15, 0.2) is 0 Å². The first-order chi connectivity index (χ1) is 8.02. The van der Waals surface area contributed by atoms with Crippen LogP contribution in [0, 0.1) is 29.9 Å². The van der Waals surface area contributed by atoms with Crippen molar-refractivity contribution < 1.29 is 8.78 Å². The maximum Gasteiger partial charge on any atom is 0.137 e. The van der Waals surface area contributed by atoms with E-state index in [2.05, 4.69) is 0 Å². The molecule has 0 fully saturated rings. The first-order valence-corrected chi connectivity index (χ1v) is 5.64. The topological polar surface area (TPSA) is 23.8 Å². The number of nitriles is 1. The minimum absolute atomic E-state index is 0.131. The zero-order valence-corrected chi connectivity index (χ0v) is 10.4. The zero-order valence-electron chi connectivity index (χ0n) is 9.65. The molecular weight excluding hydrogens is 244 g/mol. The number of benzene rings is 1. The summed E-state index contributed by atoms with van der Waals surface area (Å²) in [6.45, 7) is 3.39. The number of nitrogens with zero attached hydrogens (tertiary/aromatic N) is 1. The van der Waals surface area contributed by atoms with Crippen LogP contribution in [0.25, 0.3) is 5.03 Å². The van der Waals surface area contributed by atoms with Gasteiger partial charge in [-0.05, 0) is 25.0 Å². The molecule has 0 bridgehead atoms. The molecule has 0 heterocycles. The van der Waals surface area contributed by atoms with Gasteiger partial charge in [-0.2, -0.15) is 5.26 Å². The van der Waals surface area contributed by atoms with E-state index in [4.69, 9.17) is 16.9 Å². The molecule has 4 heteroatoms. The van der Waals surface area contributed by atoms with Crippen molar-refractivity contribution in [1.29, 1.82) is 5.26 Å². The van der Waals surface area contributed by atoms with E-state index in [1.807, 2.05) is 13.0 Å². The van der Waals surface area contributed by atoms with Crippen LogP contribution in [0.15, 0.2) is 17.7 Å². The van der Waals surface area contributed by atoms with Crippen LogP contribution in [0.1, 0.15) is 30.9 Å². The van der Waals surface area contributed by atoms with E-state index in [-0.39, 0.29) is 16.2 Å². The molecule has 0 spiro atoms. The third-order valence-corrected chi connectivity index (χ3v) is 2.82. The normalized spacial score (nSPS) is 12.0. The number of hydrogen-bond donors (Lipinski definition) is 0. The number of hydrogen-bond acceptors (Lipinski definition) is 1. The van der Waals surface area contributed by atoms with Crippen LogP contribution in [-0.2, 0) is 0 Å². The molecule has 1 nitrogen and oxygen atoms in total. The molecule has 0 aromatic heterocycles. The van der Waals surface area contributed by atoms with Crippen molar-refractivity contribution in [2.75, 3.05) is 0 Å². The Morgan fingerprint density at radius 3 is 2.59 bits per heavy atom. The summed E-state index contributed by atoms with van der Waals surface area (Å²) < 4.78 is 27.3. The SMILES string of the molecule is CCC/C(C#N)=C(/Cl)c1c(F)ccc(C)c1F. The number of allylic oxidation sites excluding steroid dienone is 1. The summed E-state index contributed by atoms with van der Waals surface area (Å²) in [5.41, 5.74) is 0.197. The fourth-order valence-corrected chi connectivity index (χ4v) is 1.78. The van der Waals surface area contributed by atoms with Crippen molar-refractivity contribution in [2.45, 2.75) is 26.7 Å². The maximum absolute atomic E-state index is 13.8. The third kappa shape index (κ3) is 2.83. The Balaban J connectivity index is 3.43. The highest BCUT2D eigenvalue weighted by molar-refractivity contribution is 6.49. The van der Waals surface area contributed by atoms with Crippen molar-refractivity contribution >= 4 is 16.6 Å². The van der Waals surface area contributed by atoms with E-state index in [9.17, 15) is 8.78 Å². The Morgan fingerprint density at radius 2 is 2.06 bits per heavy atom. The second kappa shape index (κ2) is 5.79. The third-order valence-electron chi connectivity index (χ3n) is 2.40. The minimum atomic E-state index is -0.748. The summed E-state index contributed by atoms with van der Waals surface area (Å²) in [6, 6.07) is 4.38. The molecule has 0 aliphatic heterocycles. The number of rotatable bonds is 3. The van der Waals surface area contributed by atoms with Crippen molar-refractivity contribution in [3.8, 4) is 6.07 Å². The summed E-state index contributed by atoms with van der Waals surface area (Å²) in [6.07, 6.45) is 1.09. The second-order valence-electron chi connectivity index (χ2n) is 3.71. The molecule has 0 amide bonds. The molecule has 0 radical (unpaired) electrons. The summed E-state index contributed by atoms with van der Waals surface area (Å²) in [5, 5.41) is 8.77. The lowest BCUT2D eigenvalue weighted by Gasteiger charge is -2.08. The number of aryl methyl sites for hydroxylation is 1. The van der Waals surface area contributed by atoms with Crippen molar-refractivity contribution in [3.05, 3.63) is 40.5 Å². The molecule has 0 unspecified atom stereocenters. The van der Waals surface area contributed by atoms with Crippen LogP contribution < -0.4 is 0 Å². The van der Waals surface area contributed by atoms with Gasteiger partial charge in [-0.1, -0.05) is 31.0 Å². The maximum atomic E-state index is 13.8. The number of halogens is 3. The second-order valence-corrected chi connectivity index (χ2v) is 4.09. The molecule has 1 rings (SSSR count). The van der Waals surface area contributed by atoms with E-state index in [1.54, 1.807) is 0 Å². The van der Waals surface area contributed by atoms with E-state index >= 15 is 0 Å². The molecule has 0 atom stereocenters. The van der Waals surface area contributed by atoms with Crippen LogP contribution in [0.3, 0.4) is 0 Å². The van der Waals surface area contributed by atoms with Gasteiger partial charge in [-0.3, -0.25) is 0 Å². The lowest BCUT2D eigenvalue weighted by atomic mass is 10.0. The Kier molecular flexibility index (Phi) is 4.65. The summed E-state index contributed by atoms with van der Waals surface area (Å²) in [4.78, 5) is 0. The first kappa shape index (κ1) is 13.7. The highest BCUT2D eigenvalue weighted by Crippen LogP contribution is 2.31. The first-order valence-electron chi connectivity index (χ1n) is 5.26. The molecule has 0 saturated heterocycles. The van der Waals surface area contributed by atoms with Gasteiger partial charge in [-0.25, -0.2) is 8.78 Å². The monoisotopic (exact) mass is 255 g/mol. The Hall–Kier alpha value is -1.40. The quantitative estimate of drug-likeness (QED) is 0.727. The average molecular weight is 256 g/mol. The smallest absolute Gasteiger partial charge is 0.137 e. The molecule has 0 aliphatic rings. The van der Waals surface area contributed by atoms with Gasteiger partial charge in [0.2, 0.25) is 0 Å². The lowest BCUT2D eigenvalue weighted by molar-refractivity contribution is 0.572. The van der Waals surface area contributed by atoms with Crippen LogP contribution in [0.2, 0.25) is 0 Å². The predicted octanol–water partition coefficient (Wildman–Crippen LogP) is 4.55. The van der Waals surface area contributed by atoms with Crippen LogP contribution >= 0.6 is 11.6 Å². The molecular formula is C13H12ClF2N. The van der Waals surface area contributed by atoms with Gasteiger partial charge in [-0.15, -0.1) is 0 Å². The fourth-order valence-electron chi connectivity index (χ4n) is 1.47. The Labute approximate surface area is 104 Å². The lowest BCUT2D eigenvalue weighted by Crippen LogP contribution is -1.97. The van der Waals surface area contributed by atoms with Crippen LogP contribution in [-0.4, -0.2) is 0 Å². The van der Waals surface area contributed by atoms with Crippen LogP contribution in [0.5, 0.6) is 0 Å². The standard InChI is InChI=1S/C13H12ClF2N/c1-3-4-9(7-17)12(14)11-10(15)6-5-8(2)13(11)16/h5-6H,3-4H2,1-2H3/b12-9-. The van der Waals surface area contributed by atoms with Gasteiger partial charge in [0, 0.05) is 5.57 Å². The van der Waals surface area contributed by atoms with Crippen molar-refractivity contribution in [1.82, 2.24) is 0 Å². The molecule has 0 aliphatic carbocycles. The van der Waals surface area contributed by atoms with Gasteiger partial charge < -0.3 is 0 Å². The largest absolute Gasteiger partial charge is 0.206 e. The fraction of sp³-hybridized carbons (Fsp3) is 0.308. The summed E-state index contributed by atoms with van der Waals surface area (Å²) >= 11 is 5.91. The predicted molar refractivity (Wildman–Crippen MR) is 64.4 cm³/mol. The summed E-state index contributed by atoms with van der Waals surface area (Å²) in [7, 11) is 0. The van der Waals surface area contributed by atoms with E-state index < -0.39 is 11.6 Å². The Bertz CT molecular complexity index is 501. The molecule has 17 heavy (non-hydrogen) atoms. The van der Waals surface area contributed by atoms with E-state index in [0.717, 1.165) is 6.07 Å². The van der Waals surface area contributed by atoms with Crippen LogP contribution in [0.4, 0.5) is 8.78 Å². The van der Waals surface area contributed by atoms with Gasteiger partial charge in [0.05, 0.1) is 16.7 Å². The molecule has 1 aromatic carbocycles. The highest BCUT2D eigenvalue weighted by atomic mass is 35.5. The summed E-state index contributed by atoms with van der Waals surface area (Å²) in [5.74, 6) is -1.46. The molecule has 0 N–H and O–H groups in total. The van der Waals surface area contributed by atoms with Crippen molar-refractivity contribution in [3.63, 3.8) is 0 Å². The zero-order chi connectivity index (χ0) is 13.0. The highest BCUT2D eigenvalue weighted by Gasteiger charge is 2.17. The van der Waals surface area contributed by atoms with Gasteiger partial charge in [0.1, 0.15) is 11.6 Å². The Morgan fingerprint density at radius 1 is 1.41 bits per heavy atom.